The number of carbonyl (C=O) groups excluding carboxylic acids is 1. The zero-order chi connectivity index (χ0) is 20.3. The third kappa shape index (κ3) is 3.76. The third-order valence-electron chi connectivity index (χ3n) is 5.55. The van der Waals surface area contributed by atoms with Crippen molar-refractivity contribution in [3.05, 3.63) is 72.4 Å². The van der Waals surface area contributed by atoms with E-state index in [-0.39, 0.29) is 5.91 Å². The fraction of sp³-hybridized carbons (Fsp3) is 0.208. The number of fused-ring (bicyclic) bond motifs is 1. The van der Waals surface area contributed by atoms with Crippen LogP contribution in [0.3, 0.4) is 0 Å². The van der Waals surface area contributed by atoms with Crippen LogP contribution in [-0.2, 0) is 11.2 Å². The van der Waals surface area contributed by atoms with Crippen molar-refractivity contribution in [2.24, 2.45) is 0 Å². The number of aromatic amines is 1. The molecule has 0 bridgehead atoms. The highest BCUT2D eigenvalue weighted by molar-refractivity contribution is 5.96. The van der Waals surface area contributed by atoms with Gasteiger partial charge >= 0.3 is 0 Å². The van der Waals surface area contributed by atoms with Gasteiger partial charge in [-0.25, -0.2) is 0 Å². The van der Waals surface area contributed by atoms with Gasteiger partial charge in [-0.2, -0.15) is 0 Å². The van der Waals surface area contributed by atoms with Crippen molar-refractivity contribution in [3.63, 3.8) is 0 Å². The highest BCUT2D eigenvalue weighted by Crippen LogP contribution is 2.24. The van der Waals surface area contributed by atoms with Crippen LogP contribution in [0.4, 0.5) is 11.5 Å². The number of rotatable bonds is 5. The summed E-state index contributed by atoms with van der Waals surface area (Å²) in [6.07, 6.45) is 4.64. The van der Waals surface area contributed by atoms with E-state index in [1.807, 2.05) is 66.9 Å². The van der Waals surface area contributed by atoms with Crippen molar-refractivity contribution >= 4 is 28.3 Å². The molecule has 1 saturated heterocycles. The van der Waals surface area contributed by atoms with Crippen LogP contribution in [0.5, 0.6) is 0 Å². The predicted octanol–water partition coefficient (Wildman–Crippen LogP) is 4.41. The molecule has 4 aromatic rings. The molecule has 0 spiro atoms. The van der Waals surface area contributed by atoms with Crippen molar-refractivity contribution in [1.29, 1.82) is 0 Å². The monoisotopic (exact) mass is 397 g/mol. The van der Waals surface area contributed by atoms with Gasteiger partial charge in [0.15, 0.2) is 5.82 Å². The zero-order valence-corrected chi connectivity index (χ0v) is 16.6. The van der Waals surface area contributed by atoms with Gasteiger partial charge < -0.3 is 15.2 Å². The van der Waals surface area contributed by atoms with Gasteiger partial charge in [0.25, 0.3) is 0 Å². The smallest absolute Gasteiger partial charge is 0.228 e. The number of hydrogen-bond donors (Lipinski definition) is 2. The molecular weight excluding hydrogens is 374 g/mol. The van der Waals surface area contributed by atoms with Crippen molar-refractivity contribution in [1.82, 2.24) is 15.2 Å². The number of carbonyl (C=O) groups is 1. The van der Waals surface area contributed by atoms with Crippen LogP contribution >= 0.6 is 0 Å². The first-order valence-corrected chi connectivity index (χ1v) is 10.3. The molecule has 1 aliphatic rings. The van der Waals surface area contributed by atoms with Crippen LogP contribution in [0.2, 0.25) is 0 Å². The van der Waals surface area contributed by atoms with E-state index in [0.29, 0.717) is 6.42 Å². The Morgan fingerprint density at radius 3 is 2.70 bits per heavy atom. The molecule has 3 heterocycles. The summed E-state index contributed by atoms with van der Waals surface area (Å²) in [6.45, 7) is 2.10. The molecular formula is C24H23N5O. The molecule has 1 aliphatic heterocycles. The van der Waals surface area contributed by atoms with Gasteiger partial charge in [0.2, 0.25) is 5.91 Å². The number of anilines is 2. The standard InChI is InChI=1S/C24H23N5O/c30-24(15-18-16-25-22-9-2-1-8-20(18)22)26-19-7-5-6-17(14-19)21-10-11-23(28-27-21)29-12-3-4-13-29/h1-2,5-11,14,16,25H,3-4,12-13,15H2,(H,26,30). The fourth-order valence-corrected chi connectivity index (χ4v) is 4.01. The number of nitrogens with zero attached hydrogens (tertiary/aromatic N) is 3. The molecule has 1 fully saturated rings. The molecule has 5 rings (SSSR count). The molecule has 1 amide bonds. The maximum absolute atomic E-state index is 12.6. The van der Waals surface area contributed by atoms with E-state index in [2.05, 4.69) is 25.4 Å². The van der Waals surface area contributed by atoms with Crippen molar-refractivity contribution in [2.75, 3.05) is 23.3 Å². The van der Waals surface area contributed by atoms with Gasteiger partial charge in [-0.3, -0.25) is 4.79 Å². The minimum absolute atomic E-state index is 0.0487. The van der Waals surface area contributed by atoms with Crippen LogP contribution in [-0.4, -0.2) is 34.2 Å². The van der Waals surface area contributed by atoms with Crippen LogP contribution in [0.1, 0.15) is 18.4 Å². The minimum atomic E-state index is -0.0487. The van der Waals surface area contributed by atoms with Gasteiger partial charge in [0, 0.05) is 41.4 Å². The maximum atomic E-state index is 12.6. The summed E-state index contributed by atoms with van der Waals surface area (Å²) in [5.74, 6) is 0.881. The lowest BCUT2D eigenvalue weighted by Crippen LogP contribution is -2.19. The van der Waals surface area contributed by atoms with Crippen LogP contribution in [0.15, 0.2) is 66.9 Å². The molecule has 150 valence electrons. The molecule has 6 nitrogen and oxygen atoms in total. The lowest BCUT2D eigenvalue weighted by Gasteiger charge is -2.15. The van der Waals surface area contributed by atoms with E-state index in [1.54, 1.807) is 0 Å². The van der Waals surface area contributed by atoms with Gasteiger partial charge in [-0.05, 0) is 48.7 Å². The average Bonchev–Trinajstić information content (AvgIpc) is 3.45. The Kier molecular flexibility index (Phi) is 4.89. The molecule has 6 heteroatoms. The normalized spacial score (nSPS) is 13.7. The molecule has 0 unspecified atom stereocenters. The quantitative estimate of drug-likeness (QED) is 0.523. The van der Waals surface area contributed by atoms with Crippen LogP contribution in [0.25, 0.3) is 22.2 Å². The average molecular weight is 397 g/mol. The van der Waals surface area contributed by atoms with Crippen molar-refractivity contribution < 1.29 is 4.79 Å². The van der Waals surface area contributed by atoms with Crippen molar-refractivity contribution in [3.8, 4) is 11.3 Å². The molecule has 2 aromatic carbocycles. The zero-order valence-electron chi connectivity index (χ0n) is 16.6. The van der Waals surface area contributed by atoms with E-state index in [9.17, 15) is 4.79 Å². The second-order valence-electron chi connectivity index (χ2n) is 7.64. The molecule has 0 radical (unpaired) electrons. The van der Waals surface area contributed by atoms with E-state index < -0.39 is 0 Å². The Balaban J connectivity index is 1.29. The molecule has 0 aliphatic carbocycles. The van der Waals surface area contributed by atoms with Gasteiger partial charge in [0.05, 0.1) is 12.1 Å². The molecule has 30 heavy (non-hydrogen) atoms. The van der Waals surface area contributed by atoms with Crippen LogP contribution < -0.4 is 10.2 Å². The number of amides is 1. The summed E-state index contributed by atoms with van der Waals surface area (Å²) in [5.41, 5.74) is 4.51. The van der Waals surface area contributed by atoms with Crippen molar-refractivity contribution in [2.45, 2.75) is 19.3 Å². The summed E-state index contributed by atoms with van der Waals surface area (Å²) >= 11 is 0. The summed E-state index contributed by atoms with van der Waals surface area (Å²) in [5, 5.41) is 12.9. The number of benzene rings is 2. The largest absolute Gasteiger partial charge is 0.361 e. The second kappa shape index (κ2) is 7.99. The molecule has 2 N–H and O–H groups in total. The van der Waals surface area contributed by atoms with E-state index in [1.165, 1.54) is 12.8 Å². The highest BCUT2D eigenvalue weighted by atomic mass is 16.1. The number of H-pyrrole nitrogens is 1. The summed E-state index contributed by atoms with van der Waals surface area (Å²) in [6, 6.07) is 19.8. The Labute approximate surface area is 174 Å². The topological polar surface area (TPSA) is 73.9 Å². The first-order chi connectivity index (χ1) is 14.8. The Hall–Kier alpha value is -3.67. The molecule has 0 saturated carbocycles. The number of para-hydroxylation sites is 1. The number of hydrogen-bond acceptors (Lipinski definition) is 4. The van der Waals surface area contributed by atoms with E-state index >= 15 is 0 Å². The summed E-state index contributed by atoms with van der Waals surface area (Å²) < 4.78 is 0. The van der Waals surface area contributed by atoms with E-state index in [0.717, 1.165) is 52.3 Å². The first kappa shape index (κ1) is 18.4. The number of aromatic nitrogens is 3. The van der Waals surface area contributed by atoms with E-state index in [4.69, 9.17) is 0 Å². The fourth-order valence-electron chi connectivity index (χ4n) is 4.01. The van der Waals surface area contributed by atoms with Crippen LogP contribution in [0, 0.1) is 0 Å². The molecule has 2 aromatic heterocycles. The molecule has 0 atom stereocenters. The van der Waals surface area contributed by atoms with Gasteiger partial charge in [-0.15, -0.1) is 10.2 Å². The lowest BCUT2D eigenvalue weighted by atomic mass is 10.1. The third-order valence-corrected chi connectivity index (χ3v) is 5.55. The maximum Gasteiger partial charge on any atom is 0.228 e. The lowest BCUT2D eigenvalue weighted by molar-refractivity contribution is -0.115. The number of nitrogens with one attached hydrogen (secondary N) is 2. The Bertz CT molecular complexity index is 1180. The SMILES string of the molecule is O=C(Cc1c[nH]c2ccccc12)Nc1cccc(-c2ccc(N3CCCC3)nn2)c1. The Morgan fingerprint density at radius 1 is 1.00 bits per heavy atom. The second-order valence-corrected chi connectivity index (χ2v) is 7.64. The Morgan fingerprint density at radius 2 is 1.87 bits per heavy atom. The minimum Gasteiger partial charge on any atom is -0.361 e. The summed E-state index contributed by atoms with van der Waals surface area (Å²) in [4.78, 5) is 18.1. The van der Waals surface area contributed by atoms with Gasteiger partial charge in [-0.1, -0.05) is 30.3 Å². The summed E-state index contributed by atoms with van der Waals surface area (Å²) in [7, 11) is 0. The first-order valence-electron chi connectivity index (χ1n) is 10.3. The highest BCUT2D eigenvalue weighted by Gasteiger charge is 2.14. The van der Waals surface area contributed by atoms with Gasteiger partial charge in [0.1, 0.15) is 0 Å². The predicted molar refractivity (Wildman–Crippen MR) is 120 cm³/mol.